The molecule has 0 fully saturated rings. The van der Waals surface area contributed by atoms with Crippen LogP contribution in [0, 0.1) is 12.8 Å². The van der Waals surface area contributed by atoms with Crippen LogP contribution in [-0.4, -0.2) is 33.3 Å². The number of aromatic nitrogens is 2. The number of hydrogen-bond acceptors (Lipinski definition) is 6. The summed E-state index contributed by atoms with van der Waals surface area (Å²) >= 11 is 0. The summed E-state index contributed by atoms with van der Waals surface area (Å²) in [5, 5.41) is 24.2. The number of nitrogens with one attached hydrogen (secondary N) is 1. The maximum Gasteiger partial charge on any atom is 0.306 e. The van der Waals surface area contributed by atoms with E-state index in [9.17, 15) is 15.0 Å². The van der Waals surface area contributed by atoms with Crippen molar-refractivity contribution in [3.05, 3.63) is 65.0 Å². The van der Waals surface area contributed by atoms with Crippen molar-refractivity contribution in [3.63, 3.8) is 0 Å². The Morgan fingerprint density at radius 2 is 2.00 bits per heavy atom. The smallest absolute Gasteiger partial charge is 0.306 e. The molecule has 0 radical (unpaired) electrons. The molecule has 4 rings (SSSR count). The molecule has 7 nitrogen and oxygen atoms in total. The SMILES string of the molecule is COc1cc2nc(C)nc(N[C@@H](C)c3cccc(C(C)(C)O)c3)c2cc1C1=CCC(C(=O)O)CC1. The van der Waals surface area contributed by atoms with Gasteiger partial charge < -0.3 is 20.3 Å². The van der Waals surface area contributed by atoms with Crippen molar-refractivity contribution < 1.29 is 19.7 Å². The average Bonchev–Trinajstić information content (AvgIpc) is 2.82. The highest BCUT2D eigenvalue weighted by Gasteiger charge is 2.24. The third-order valence-electron chi connectivity index (χ3n) is 6.68. The average molecular weight is 476 g/mol. The molecule has 0 saturated heterocycles. The molecule has 1 aliphatic carbocycles. The molecule has 2 atom stereocenters. The minimum atomic E-state index is -0.924. The molecule has 0 bridgehead atoms. The third-order valence-corrected chi connectivity index (χ3v) is 6.68. The molecule has 0 aliphatic heterocycles. The molecule has 0 saturated carbocycles. The second-order valence-corrected chi connectivity index (χ2v) is 9.78. The van der Waals surface area contributed by atoms with Crippen molar-refractivity contribution in [2.45, 2.75) is 58.6 Å². The Kier molecular flexibility index (Phi) is 6.81. The molecule has 0 spiro atoms. The minimum Gasteiger partial charge on any atom is -0.496 e. The number of methoxy groups -OCH3 is 1. The number of ether oxygens (including phenoxy) is 1. The van der Waals surface area contributed by atoms with Crippen LogP contribution in [0.2, 0.25) is 0 Å². The monoisotopic (exact) mass is 475 g/mol. The fraction of sp³-hybridized carbons (Fsp3) is 0.393. The van der Waals surface area contributed by atoms with Crippen LogP contribution >= 0.6 is 0 Å². The van der Waals surface area contributed by atoms with E-state index in [1.807, 2.05) is 49.4 Å². The van der Waals surface area contributed by atoms with Gasteiger partial charge in [0.2, 0.25) is 0 Å². The van der Waals surface area contributed by atoms with Gasteiger partial charge in [0.05, 0.1) is 24.1 Å². The van der Waals surface area contributed by atoms with Crippen LogP contribution in [0.5, 0.6) is 5.75 Å². The van der Waals surface area contributed by atoms with Crippen molar-refractivity contribution in [3.8, 4) is 5.75 Å². The maximum absolute atomic E-state index is 11.4. The van der Waals surface area contributed by atoms with Crippen LogP contribution in [-0.2, 0) is 10.4 Å². The van der Waals surface area contributed by atoms with E-state index in [4.69, 9.17) is 9.72 Å². The number of benzene rings is 2. The molecule has 1 aliphatic rings. The minimum absolute atomic E-state index is 0.0643. The summed E-state index contributed by atoms with van der Waals surface area (Å²) in [4.78, 5) is 20.7. The van der Waals surface area contributed by atoms with E-state index in [0.717, 1.165) is 39.0 Å². The highest BCUT2D eigenvalue weighted by atomic mass is 16.5. The van der Waals surface area contributed by atoms with Crippen molar-refractivity contribution in [2.24, 2.45) is 5.92 Å². The number of rotatable bonds is 7. The summed E-state index contributed by atoms with van der Waals surface area (Å²) in [6.07, 6.45) is 3.80. The molecule has 1 unspecified atom stereocenters. The molecule has 1 aromatic heterocycles. The summed E-state index contributed by atoms with van der Waals surface area (Å²) in [5.74, 6) is 0.996. The van der Waals surface area contributed by atoms with Gasteiger partial charge in [-0.3, -0.25) is 4.79 Å². The van der Waals surface area contributed by atoms with E-state index in [1.54, 1.807) is 21.0 Å². The number of aliphatic hydroxyl groups is 1. The maximum atomic E-state index is 11.4. The summed E-state index contributed by atoms with van der Waals surface area (Å²) in [6.45, 7) is 7.48. The van der Waals surface area contributed by atoms with Gasteiger partial charge >= 0.3 is 5.97 Å². The summed E-state index contributed by atoms with van der Waals surface area (Å²) in [5.41, 5.74) is 3.76. The van der Waals surface area contributed by atoms with Crippen molar-refractivity contribution >= 4 is 28.3 Å². The van der Waals surface area contributed by atoms with Crippen LogP contribution in [0.15, 0.2) is 42.5 Å². The first kappa shape index (κ1) is 24.7. The Balaban J connectivity index is 1.73. The first-order chi connectivity index (χ1) is 16.6. The predicted octanol–water partition coefficient (Wildman–Crippen LogP) is 5.62. The van der Waals surface area contributed by atoms with E-state index in [-0.39, 0.29) is 12.0 Å². The molecule has 35 heavy (non-hydrogen) atoms. The van der Waals surface area contributed by atoms with Gasteiger partial charge in [-0.15, -0.1) is 0 Å². The Labute approximate surface area is 205 Å². The van der Waals surface area contributed by atoms with Gasteiger partial charge in [0.25, 0.3) is 0 Å². The van der Waals surface area contributed by atoms with Crippen LogP contribution in [0.25, 0.3) is 16.5 Å². The second kappa shape index (κ2) is 9.66. The molecule has 3 N–H and O–H groups in total. The molecular formula is C28H33N3O4. The van der Waals surface area contributed by atoms with E-state index >= 15 is 0 Å². The number of carboxylic acids is 1. The standard InChI is InChI=1S/C28H33N3O4/c1-16(20-7-6-8-21(13-20)28(3,4)34)29-26-23-14-22(18-9-11-19(12-10-18)27(32)33)25(35-5)15-24(23)30-17(2)31-26/h6-9,13-16,19,34H,10-12H2,1-5H3,(H,32,33)(H,29,30,31)/t16-,19?/m0/s1. The first-order valence-corrected chi connectivity index (χ1v) is 11.9. The van der Waals surface area contributed by atoms with Crippen LogP contribution in [0.4, 0.5) is 5.82 Å². The Morgan fingerprint density at radius 1 is 1.23 bits per heavy atom. The van der Waals surface area contributed by atoms with Gasteiger partial charge in [-0.1, -0.05) is 30.3 Å². The van der Waals surface area contributed by atoms with Gasteiger partial charge in [-0.05, 0) is 69.7 Å². The lowest BCUT2D eigenvalue weighted by atomic mass is 9.86. The van der Waals surface area contributed by atoms with Gasteiger partial charge in [0.15, 0.2) is 0 Å². The third kappa shape index (κ3) is 5.30. The molecule has 7 heteroatoms. The fourth-order valence-corrected chi connectivity index (χ4v) is 4.58. The number of aryl methyl sites for hydroxylation is 1. The van der Waals surface area contributed by atoms with E-state index in [1.165, 1.54) is 0 Å². The van der Waals surface area contributed by atoms with Gasteiger partial charge in [0, 0.05) is 23.1 Å². The number of carboxylic acid groups (broad SMARTS) is 1. The number of carbonyl (C=O) groups is 1. The number of nitrogens with zero attached hydrogens (tertiary/aromatic N) is 2. The summed E-state index contributed by atoms with van der Waals surface area (Å²) in [7, 11) is 1.64. The number of hydrogen-bond donors (Lipinski definition) is 3. The van der Waals surface area contributed by atoms with Gasteiger partial charge in [-0.2, -0.15) is 0 Å². The van der Waals surface area contributed by atoms with E-state index in [2.05, 4.69) is 17.2 Å². The van der Waals surface area contributed by atoms with Crippen LogP contribution in [0.1, 0.15) is 68.6 Å². The Morgan fingerprint density at radius 3 is 2.63 bits per heavy atom. The normalized spacial score (nSPS) is 17.1. The lowest BCUT2D eigenvalue weighted by molar-refractivity contribution is -0.141. The first-order valence-electron chi connectivity index (χ1n) is 11.9. The molecule has 3 aromatic rings. The van der Waals surface area contributed by atoms with E-state index in [0.29, 0.717) is 30.8 Å². The lowest BCUT2D eigenvalue weighted by Crippen LogP contribution is -2.17. The number of allylic oxidation sites excluding steroid dienone is 2. The highest BCUT2D eigenvalue weighted by Crippen LogP contribution is 2.39. The molecule has 0 amide bonds. The predicted molar refractivity (Wildman–Crippen MR) is 138 cm³/mol. The topological polar surface area (TPSA) is 105 Å². The van der Waals surface area contributed by atoms with Crippen molar-refractivity contribution in [2.75, 3.05) is 12.4 Å². The summed E-state index contributed by atoms with van der Waals surface area (Å²) < 4.78 is 5.69. The lowest BCUT2D eigenvalue weighted by Gasteiger charge is -2.23. The number of aliphatic carboxylic acids is 1. The van der Waals surface area contributed by atoms with Crippen LogP contribution in [0.3, 0.4) is 0 Å². The zero-order chi connectivity index (χ0) is 25.3. The van der Waals surface area contributed by atoms with Gasteiger partial charge in [0.1, 0.15) is 17.4 Å². The fourth-order valence-electron chi connectivity index (χ4n) is 4.58. The Hall–Kier alpha value is -3.45. The van der Waals surface area contributed by atoms with Crippen molar-refractivity contribution in [1.29, 1.82) is 0 Å². The molecular weight excluding hydrogens is 442 g/mol. The molecule has 1 heterocycles. The molecule has 2 aromatic carbocycles. The quantitative estimate of drug-likeness (QED) is 0.408. The number of anilines is 1. The molecule has 184 valence electrons. The summed E-state index contributed by atoms with van der Waals surface area (Å²) in [6, 6.07) is 11.8. The zero-order valence-corrected chi connectivity index (χ0v) is 20.9. The van der Waals surface area contributed by atoms with Crippen LogP contribution < -0.4 is 10.1 Å². The highest BCUT2D eigenvalue weighted by molar-refractivity contribution is 5.94. The van der Waals surface area contributed by atoms with Gasteiger partial charge in [-0.25, -0.2) is 9.97 Å². The van der Waals surface area contributed by atoms with E-state index < -0.39 is 11.6 Å². The number of fused-ring (bicyclic) bond motifs is 1. The van der Waals surface area contributed by atoms with Crippen molar-refractivity contribution in [1.82, 2.24) is 9.97 Å². The second-order valence-electron chi connectivity index (χ2n) is 9.78. The zero-order valence-electron chi connectivity index (χ0n) is 20.9. The Bertz CT molecular complexity index is 1290. The largest absolute Gasteiger partial charge is 0.496 e.